The number of benzene rings is 3. The molecule has 1 atom stereocenters. The summed E-state index contributed by atoms with van der Waals surface area (Å²) in [4.78, 5) is 28.0. The van der Waals surface area contributed by atoms with Gasteiger partial charge in [0.1, 0.15) is 12.6 Å². The number of sulfonamides is 1. The van der Waals surface area contributed by atoms with Crippen LogP contribution < -0.4 is 9.62 Å². The van der Waals surface area contributed by atoms with Gasteiger partial charge in [-0.1, -0.05) is 59.1 Å². The fourth-order valence-corrected chi connectivity index (χ4v) is 5.76. The molecule has 0 heterocycles. The lowest BCUT2D eigenvalue weighted by molar-refractivity contribution is -0.139. The second-order valence-electron chi connectivity index (χ2n) is 8.99. The van der Waals surface area contributed by atoms with E-state index in [4.69, 9.17) is 23.2 Å². The smallest absolute Gasteiger partial charge is 0.264 e. The first-order valence-electron chi connectivity index (χ1n) is 12.1. The number of hydrogen-bond donors (Lipinski definition) is 1. The number of nitrogens with one attached hydrogen (secondary N) is 1. The van der Waals surface area contributed by atoms with E-state index >= 15 is 0 Å². The number of likely N-dealkylation sites (N-methyl/N-ethyl adjacent to an activating group) is 1. The van der Waals surface area contributed by atoms with E-state index in [1.165, 1.54) is 17.0 Å². The van der Waals surface area contributed by atoms with Crippen LogP contribution in [0, 0.1) is 13.8 Å². The summed E-state index contributed by atoms with van der Waals surface area (Å²) in [6.45, 7) is 6.92. The van der Waals surface area contributed by atoms with Gasteiger partial charge in [0.15, 0.2) is 0 Å². The second-order valence-corrected chi connectivity index (χ2v) is 11.7. The van der Waals surface area contributed by atoms with E-state index in [9.17, 15) is 18.0 Å². The van der Waals surface area contributed by atoms with Gasteiger partial charge < -0.3 is 10.2 Å². The first kappa shape index (κ1) is 29.5. The molecule has 7 nitrogen and oxygen atoms in total. The first-order valence-corrected chi connectivity index (χ1v) is 14.3. The molecule has 0 aliphatic carbocycles. The van der Waals surface area contributed by atoms with Crippen LogP contribution >= 0.6 is 23.2 Å². The summed E-state index contributed by atoms with van der Waals surface area (Å²) in [5, 5.41) is 3.49. The molecule has 0 radical (unpaired) electrons. The van der Waals surface area contributed by atoms with Crippen LogP contribution in [0.25, 0.3) is 0 Å². The standard InChI is InChI=1S/C28H31Cl2N3O4S/c1-5-31-28(35)21(4)32(17-22-11-12-23(29)16-26(22)30)27(34)18-33(24-8-6-7-20(3)15-24)38(36,37)25-13-9-19(2)10-14-25/h6-16,21H,5,17-18H2,1-4H3,(H,31,35)/t21-/m0/s1. The van der Waals surface area contributed by atoms with Crippen LogP contribution in [0.15, 0.2) is 71.6 Å². The molecule has 3 rings (SSSR count). The van der Waals surface area contributed by atoms with Crippen molar-refractivity contribution in [3.8, 4) is 0 Å². The predicted octanol–water partition coefficient (Wildman–Crippen LogP) is 5.36. The van der Waals surface area contributed by atoms with Crippen molar-refractivity contribution in [3.05, 3.63) is 93.5 Å². The van der Waals surface area contributed by atoms with Crippen LogP contribution in [0.1, 0.15) is 30.5 Å². The number of carbonyl (C=O) groups is 2. The number of anilines is 1. The van der Waals surface area contributed by atoms with Crippen molar-refractivity contribution < 1.29 is 18.0 Å². The maximum absolute atomic E-state index is 13.8. The number of aryl methyl sites for hydroxylation is 2. The van der Waals surface area contributed by atoms with Gasteiger partial charge in [0.25, 0.3) is 10.0 Å². The van der Waals surface area contributed by atoms with Crippen molar-refractivity contribution in [3.63, 3.8) is 0 Å². The summed E-state index contributed by atoms with van der Waals surface area (Å²) < 4.78 is 28.7. The Balaban J connectivity index is 2.05. The second kappa shape index (κ2) is 12.7. The largest absolute Gasteiger partial charge is 0.355 e. The Morgan fingerprint density at radius 3 is 2.24 bits per heavy atom. The van der Waals surface area contributed by atoms with Crippen LogP contribution in [-0.2, 0) is 26.2 Å². The SMILES string of the molecule is CCNC(=O)[C@H](C)N(Cc1ccc(Cl)cc1Cl)C(=O)CN(c1cccc(C)c1)S(=O)(=O)c1ccc(C)cc1. The van der Waals surface area contributed by atoms with E-state index < -0.39 is 28.5 Å². The molecular formula is C28H31Cl2N3O4S. The topological polar surface area (TPSA) is 86.8 Å². The summed E-state index contributed by atoms with van der Waals surface area (Å²) >= 11 is 12.4. The third-order valence-corrected chi connectivity index (χ3v) is 8.43. The highest BCUT2D eigenvalue weighted by Crippen LogP contribution is 2.27. The average molecular weight is 577 g/mol. The first-order chi connectivity index (χ1) is 17.9. The van der Waals surface area contributed by atoms with Gasteiger partial charge in [-0.3, -0.25) is 13.9 Å². The Morgan fingerprint density at radius 1 is 0.947 bits per heavy atom. The van der Waals surface area contributed by atoms with E-state index in [0.29, 0.717) is 27.8 Å². The summed E-state index contributed by atoms with van der Waals surface area (Å²) in [5.41, 5.74) is 2.65. The fourth-order valence-electron chi connectivity index (χ4n) is 3.89. The van der Waals surface area contributed by atoms with E-state index in [1.54, 1.807) is 62.4 Å². The third kappa shape index (κ3) is 7.07. The van der Waals surface area contributed by atoms with Crippen LogP contribution in [0.5, 0.6) is 0 Å². The zero-order chi connectivity index (χ0) is 28.0. The Hall–Kier alpha value is -3.07. The number of carbonyl (C=O) groups excluding carboxylic acids is 2. The quantitative estimate of drug-likeness (QED) is 0.352. The van der Waals surface area contributed by atoms with Gasteiger partial charge >= 0.3 is 0 Å². The molecule has 2 amide bonds. The minimum Gasteiger partial charge on any atom is -0.355 e. The van der Waals surface area contributed by atoms with Gasteiger partial charge in [-0.05, 0) is 75.2 Å². The molecule has 0 fully saturated rings. The van der Waals surface area contributed by atoms with Gasteiger partial charge in [0.05, 0.1) is 10.6 Å². The molecule has 0 aliphatic heterocycles. The van der Waals surface area contributed by atoms with Crippen LogP contribution in [0.2, 0.25) is 10.0 Å². The lowest BCUT2D eigenvalue weighted by Crippen LogP contribution is -2.51. The van der Waals surface area contributed by atoms with Crippen molar-refractivity contribution in [2.45, 2.75) is 45.2 Å². The van der Waals surface area contributed by atoms with E-state index in [2.05, 4.69) is 5.32 Å². The molecular weight excluding hydrogens is 545 g/mol. The fraction of sp³-hybridized carbons (Fsp3) is 0.286. The molecule has 38 heavy (non-hydrogen) atoms. The Kier molecular flexibility index (Phi) is 9.82. The number of amides is 2. The zero-order valence-corrected chi connectivity index (χ0v) is 24.1. The minimum absolute atomic E-state index is 0.0145. The average Bonchev–Trinajstić information content (AvgIpc) is 2.86. The Morgan fingerprint density at radius 2 is 1.63 bits per heavy atom. The zero-order valence-electron chi connectivity index (χ0n) is 21.7. The Bertz CT molecular complexity index is 1410. The van der Waals surface area contributed by atoms with Gasteiger partial charge in [0.2, 0.25) is 11.8 Å². The molecule has 10 heteroatoms. The predicted molar refractivity (Wildman–Crippen MR) is 152 cm³/mol. The van der Waals surface area contributed by atoms with Crippen LogP contribution in [-0.4, -0.2) is 44.3 Å². The van der Waals surface area contributed by atoms with Gasteiger partial charge in [-0.2, -0.15) is 0 Å². The van der Waals surface area contributed by atoms with E-state index in [1.807, 2.05) is 19.9 Å². The molecule has 3 aromatic rings. The molecule has 3 aromatic carbocycles. The van der Waals surface area contributed by atoms with E-state index in [-0.39, 0.29) is 17.3 Å². The maximum Gasteiger partial charge on any atom is 0.264 e. The number of halogens is 2. The van der Waals surface area contributed by atoms with Crippen LogP contribution in [0.4, 0.5) is 5.69 Å². The molecule has 0 aliphatic rings. The summed E-state index contributed by atoms with van der Waals surface area (Å²) in [7, 11) is -4.12. The van der Waals surface area contributed by atoms with Gasteiger partial charge in [-0.25, -0.2) is 8.42 Å². The molecule has 0 saturated heterocycles. The van der Waals surface area contributed by atoms with Gasteiger partial charge in [0, 0.05) is 23.1 Å². The van der Waals surface area contributed by atoms with Crippen molar-refractivity contribution in [1.82, 2.24) is 10.2 Å². The van der Waals surface area contributed by atoms with Gasteiger partial charge in [-0.15, -0.1) is 0 Å². The molecule has 0 saturated carbocycles. The molecule has 1 N–H and O–H groups in total. The summed E-state index contributed by atoms with van der Waals surface area (Å²) in [5.74, 6) is -0.929. The highest BCUT2D eigenvalue weighted by molar-refractivity contribution is 7.92. The molecule has 0 unspecified atom stereocenters. The Labute approximate surface area is 234 Å². The highest BCUT2D eigenvalue weighted by atomic mass is 35.5. The lowest BCUT2D eigenvalue weighted by atomic mass is 10.1. The molecule has 0 spiro atoms. The molecule has 0 bridgehead atoms. The monoisotopic (exact) mass is 575 g/mol. The minimum atomic E-state index is -4.12. The number of nitrogens with zero attached hydrogens (tertiary/aromatic N) is 2. The summed E-state index contributed by atoms with van der Waals surface area (Å²) in [6.07, 6.45) is 0. The lowest BCUT2D eigenvalue weighted by Gasteiger charge is -2.32. The van der Waals surface area contributed by atoms with Crippen molar-refractivity contribution in [2.75, 3.05) is 17.4 Å². The van der Waals surface area contributed by atoms with Crippen molar-refractivity contribution >= 4 is 50.7 Å². The van der Waals surface area contributed by atoms with E-state index in [0.717, 1.165) is 15.4 Å². The van der Waals surface area contributed by atoms with Crippen molar-refractivity contribution in [1.29, 1.82) is 0 Å². The molecule has 0 aromatic heterocycles. The summed E-state index contributed by atoms with van der Waals surface area (Å²) in [6, 6.07) is 17.3. The molecule has 202 valence electrons. The van der Waals surface area contributed by atoms with Crippen LogP contribution in [0.3, 0.4) is 0 Å². The third-order valence-electron chi connectivity index (χ3n) is 6.05. The van der Waals surface area contributed by atoms with Crippen molar-refractivity contribution in [2.24, 2.45) is 0 Å². The highest BCUT2D eigenvalue weighted by Gasteiger charge is 2.32. The normalized spacial score (nSPS) is 12.1. The number of rotatable bonds is 10. The number of hydrogen-bond acceptors (Lipinski definition) is 4. The maximum atomic E-state index is 13.8.